The first kappa shape index (κ1) is 42.4. The standard InChI is InChI=1S/C30H30N4O4.C22H21N3O3/c1-19(22-14-25(36-2)18-31-17-22)32-23-6-7-28-21(13-23)12-20-4-3-5-26(30(20)38-28)27-15-24(16-29(35)33-27)34-8-10-37-11-9-34;23-16-4-5-20-15(11-16)10-14-2-1-3-18(22(14)28-20)19-12-17(13-21(26)24-19)25-6-8-27-9-7-25/h3-7,13-19,32H,8-12H2,1-2H3,(H,33,35);1-5,11-13H,6-10,23H2,(H,24,26). The van der Waals surface area contributed by atoms with E-state index < -0.39 is 0 Å². The van der Waals surface area contributed by atoms with Gasteiger partial charge in [-0.15, -0.1) is 0 Å². The molecule has 66 heavy (non-hydrogen) atoms. The van der Waals surface area contributed by atoms with Gasteiger partial charge in [-0.2, -0.15) is 0 Å². The third kappa shape index (κ3) is 9.05. The molecule has 1 unspecified atom stereocenters. The SMILES string of the molecule is COc1cncc(C(C)Nc2ccc3c(c2)Cc2cccc(-c4cc(N5CCOCC5)cc(=O)[nH]4)c2O3)c1.Nc1ccc2c(c1)Cc1cccc(-c3cc(N4CCOCC4)cc(=O)[nH]3)c1O2. The Morgan fingerprint density at radius 3 is 1.76 bits per heavy atom. The summed E-state index contributed by atoms with van der Waals surface area (Å²) < 4.78 is 28.9. The minimum Gasteiger partial charge on any atom is -0.495 e. The maximum Gasteiger partial charge on any atom is 0.250 e. The van der Waals surface area contributed by atoms with Crippen LogP contribution >= 0.6 is 0 Å². The van der Waals surface area contributed by atoms with Crippen LogP contribution in [0, 0.1) is 0 Å². The second-order valence-corrected chi connectivity index (χ2v) is 16.8. The number of benzene rings is 4. The lowest BCUT2D eigenvalue weighted by Gasteiger charge is -2.29. The van der Waals surface area contributed by atoms with Crippen molar-refractivity contribution in [3.05, 3.63) is 164 Å². The molecule has 0 saturated carbocycles. The number of nitrogens with two attached hydrogens (primary N) is 1. The maximum absolute atomic E-state index is 12.6. The molecule has 4 aliphatic heterocycles. The first-order valence-electron chi connectivity index (χ1n) is 22.3. The van der Waals surface area contributed by atoms with Crippen LogP contribution < -0.4 is 46.2 Å². The first-order chi connectivity index (χ1) is 32.2. The zero-order valence-corrected chi connectivity index (χ0v) is 36.9. The van der Waals surface area contributed by atoms with Gasteiger partial charge in [0, 0.05) is 102 Å². The Kier molecular flexibility index (Phi) is 11.9. The molecule has 14 heteroatoms. The van der Waals surface area contributed by atoms with Crippen LogP contribution in [0.25, 0.3) is 22.5 Å². The average molecular weight is 886 g/mol. The highest BCUT2D eigenvalue weighted by Crippen LogP contribution is 2.45. The summed E-state index contributed by atoms with van der Waals surface area (Å²) in [6.45, 7) is 7.86. The minimum absolute atomic E-state index is 0.0506. The highest BCUT2D eigenvalue weighted by atomic mass is 16.5. The number of aromatic amines is 2. The zero-order chi connectivity index (χ0) is 45.1. The molecule has 0 aliphatic carbocycles. The molecule has 1 atom stereocenters. The van der Waals surface area contributed by atoms with Gasteiger partial charge < -0.3 is 54.5 Å². The largest absolute Gasteiger partial charge is 0.495 e. The van der Waals surface area contributed by atoms with Crippen molar-refractivity contribution in [1.82, 2.24) is 15.0 Å². The third-order valence-electron chi connectivity index (χ3n) is 12.4. The van der Waals surface area contributed by atoms with Gasteiger partial charge in [0.05, 0.1) is 57.2 Å². The summed E-state index contributed by atoms with van der Waals surface area (Å²) in [6.07, 6.45) is 5.03. The highest BCUT2D eigenvalue weighted by Gasteiger charge is 2.25. The van der Waals surface area contributed by atoms with Crippen LogP contribution in [0.4, 0.5) is 22.7 Å². The number of hydrogen-bond donors (Lipinski definition) is 4. The molecule has 2 saturated heterocycles. The number of ether oxygens (including phenoxy) is 5. The molecule has 14 nitrogen and oxygen atoms in total. The topological polar surface area (TPSA) is 169 Å². The number of fused-ring (bicyclic) bond motifs is 4. The summed E-state index contributed by atoms with van der Waals surface area (Å²) in [5.74, 6) is 3.93. The smallest absolute Gasteiger partial charge is 0.250 e. The fourth-order valence-electron chi connectivity index (χ4n) is 8.96. The van der Waals surface area contributed by atoms with Gasteiger partial charge in [0.15, 0.2) is 0 Å². The van der Waals surface area contributed by atoms with Crippen molar-refractivity contribution < 1.29 is 23.7 Å². The minimum atomic E-state index is -0.131. The summed E-state index contributed by atoms with van der Waals surface area (Å²) >= 11 is 0. The number of morpholine rings is 2. The first-order valence-corrected chi connectivity index (χ1v) is 22.3. The number of rotatable bonds is 8. The van der Waals surface area contributed by atoms with E-state index in [9.17, 15) is 9.59 Å². The molecule has 0 spiro atoms. The van der Waals surface area contributed by atoms with E-state index in [1.165, 1.54) is 0 Å². The summed E-state index contributed by atoms with van der Waals surface area (Å²) in [6, 6.07) is 33.4. The van der Waals surface area contributed by atoms with E-state index in [-0.39, 0.29) is 17.2 Å². The predicted molar refractivity (Wildman–Crippen MR) is 257 cm³/mol. The second-order valence-electron chi connectivity index (χ2n) is 16.8. The normalized spacial score (nSPS) is 15.3. The van der Waals surface area contributed by atoms with Crippen LogP contribution in [-0.4, -0.2) is 74.7 Å². The van der Waals surface area contributed by atoms with Crippen LogP contribution in [0.5, 0.6) is 28.7 Å². The summed E-state index contributed by atoms with van der Waals surface area (Å²) in [4.78, 5) is 39.6. The Bertz CT molecular complexity index is 3030. The van der Waals surface area contributed by atoms with E-state index in [0.29, 0.717) is 26.4 Å². The van der Waals surface area contributed by atoms with Gasteiger partial charge in [0.25, 0.3) is 0 Å². The molecule has 3 aromatic heterocycles. The summed E-state index contributed by atoms with van der Waals surface area (Å²) in [5.41, 5.74) is 17.8. The number of aromatic nitrogens is 3. The van der Waals surface area contributed by atoms with E-state index >= 15 is 0 Å². The number of pyridine rings is 3. The van der Waals surface area contributed by atoms with Gasteiger partial charge >= 0.3 is 0 Å². The number of nitrogen functional groups attached to an aromatic ring is 1. The Morgan fingerprint density at radius 2 is 1.20 bits per heavy atom. The molecule has 0 amide bonds. The lowest BCUT2D eigenvalue weighted by molar-refractivity contribution is 0.122. The Hall–Kier alpha value is -7.55. The fraction of sp³-hybridized carbons (Fsp3) is 0.250. The van der Waals surface area contributed by atoms with E-state index in [0.717, 1.165) is 141 Å². The number of H-pyrrole nitrogens is 2. The molecule has 4 aliphatic rings. The second kappa shape index (κ2) is 18.5. The number of anilines is 4. The Labute approximate surface area is 381 Å². The van der Waals surface area contributed by atoms with Crippen LogP contribution in [0.3, 0.4) is 0 Å². The van der Waals surface area contributed by atoms with Crippen molar-refractivity contribution in [2.24, 2.45) is 0 Å². The van der Waals surface area contributed by atoms with Crippen molar-refractivity contribution in [3.63, 3.8) is 0 Å². The lowest BCUT2D eigenvalue weighted by atomic mass is 9.96. The zero-order valence-electron chi connectivity index (χ0n) is 36.9. The molecular formula is C52H51N7O7. The molecule has 4 aromatic carbocycles. The van der Waals surface area contributed by atoms with Crippen LogP contribution in [0.2, 0.25) is 0 Å². The molecule has 336 valence electrons. The Balaban J connectivity index is 0.000000162. The highest BCUT2D eigenvalue weighted by molar-refractivity contribution is 5.76. The van der Waals surface area contributed by atoms with E-state index in [1.807, 2.05) is 79.0 Å². The molecular weight excluding hydrogens is 835 g/mol. The molecule has 5 N–H and O–H groups in total. The van der Waals surface area contributed by atoms with Gasteiger partial charge in [-0.25, -0.2) is 0 Å². The number of nitrogens with zero attached hydrogens (tertiary/aromatic N) is 3. The fourth-order valence-corrected chi connectivity index (χ4v) is 8.96. The molecule has 11 rings (SSSR count). The van der Waals surface area contributed by atoms with Gasteiger partial charge in [0.2, 0.25) is 11.1 Å². The predicted octanol–water partition coefficient (Wildman–Crippen LogP) is 8.31. The molecule has 0 radical (unpaired) electrons. The van der Waals surface area contributed by atoms with Crippen molar-refractivity contribution in [3.8, 4) is 51.3 Å². The average Bonchev–Trinajstić information content (AvgIpc) is 3.35. The van der Waals surface area contributed by atoms with E-state index in [1.54, 1.807) is 25.4 Å². The van der Waals surface area contributed by atoms with Gasteiger partial charge in [0.1, 0.15) is 28.7 Å². The monoisotopic (exact) mass is 885 g/mol. The summed E-state index contributed by atoms with van der Waals surface area (Å²) in [7, 11) is 1.64. The van der Waals surface area contributed by atoms with Crippen molar-refractivity contribution >= 4 is 22.7 Å². The van der Waals surface area contributed by atoms with Crippen LogP contribution in [0.15, 0.2) is 125 Å². The Morgan fingerprint density at radius 1 is 0.652 bits per heavy atom. The van der Waals surface area contributed by atoms with Crippen LogP contribution in [0.1, 0.15) is 40.8 Å². The van der Waals surface area contributed by atoms with E-state index in [4.69, 9.17) is 29.4 Å². The van der Waals surface area contributed by atoms with E-state index in [2.05, 4.69) is 55.2 Å². The molecule has 7 aromatic rings. The maximum atomic E-state index is 12.6. The van der Waals surface area contributed by atoms with Crippen LogP contribution in [-0.2, 0) is 22.3 Å². The molecule has 7 heterocycles. The third-order valence-corrected chi connectivity index (χ3v) is 12.4. The quantitative estimate of drug-likeness (QED) is 0.108. The van der Waals surface area contributed by atoms with Gasteiger partial charge in [-0.3, -0.25) is 14.6 Å². The number of para-hydroxylation sites is 2. The van der Waals surface area contributed by atoms with Gasteiger partial charge in [-0.1, -0.05) is 24.3 Å². The number of methoxy groups -OCH3 is 1. The number of hydrogen-bond acceptors (Lipinski definition) is 12. The molecule has 2 fully saturated rings. The van der Waals surface area contributed by atoms with Crippen molar-refractivity contribution in [2.75, 3.05) is 80.6 Å². The molecule has 0 bridgehead atoms. The summed E-state index contributed by atoms with van der Waals surface area (Å²) in [5, 5.41) is 3.56. The lowest BCUT2D eigenvalue weighted by Crippen LogP contribution is -2.36. The van der Waals surface area contributed by atoms with Gasteiger partial charge in [-0.05, 0) is 90.3 Å². The number of nitrogens with one attached hydrogen (secondary N) is 3. The van der Waals surface area contributed by atoms with Crippen molar-refractivity contribution in [1.29, 1.82) is 0 Å². The van der Waals surface area contributed by atoms with Crippen molar-refractivity contribution in [2.45, 2.75) is 25.8 Å².